The molecule has 0 aliphatic carbocycles. The van der Waals surface area contributed by atoms with Crippen LogP contribution in [0.4, 0.5) is 0 Å². The van der Waals surface area contributed by atoms with Crippen LogP contribution in [0.15, 0.2) is 60.7 Å². The van der Waals surface area contributed by atoms with Crippen molar-refractivity contribution in [2.75, 3.05) is 20.3 Å². The molecule has 3 aromatic rings. The van der Waals surface area contributed by atoms with Crippen molar-refractivity contribution in [2.45, 2.75) is 0 Å². The number of methoxy groups -OCH3 is 1. The number of benzene rings is 3. The fraction of sp³-hybridized carbons (Fsp3) is 0.150. The van der Waals surface area contributed by atoms with Crippen LogP contribution >= 0.6 is 0 Å². The van der Waals surface area contributed by atoms with Gasteiger partial charge >= 0.3 is 0 Å². The second kappa shape index (κ2) is 7.51. The van der Waals surface area contributed by atoms with Crippen LogP contribution in [0.2, 0.25) is 0 Å². The first-order chi connectivity index (χ1) is 11.8. The topological polar surface area (TPSA) is 44.8 Å². The van der Waals surface area contributed by atoms with Crippen LogP contribution in [0.5, 0.6) is 17.2 Å². The molecule has 122 valence electrons. The molecule has 0 saturated heterocycles. The molecule has 0 amide bonds. The largest absolute Gasteiger partial charge is 0.493 e. The van der Waals surface area contributed by atoms with Gasteiger partial charge in [-0.1, -0.05) is 42.5 Å². The molecule has 0 saturated carbocycles. The Kier molecular flexibility index (Phi) is 4.96. The van der Waals surface area contributed by atoms with Crippen LogP contribution in [-0.4, -0.2) is 26.6 Å². The number of fused-ring (bicyclic) bond motifs is 1. The molecule has 4 nitrogen and oxygen atoms in total. The lowest BCUT2D eigenvalue weighted by Gasteiger charge is -2.13. The van der Waals surface area contributed by atoms with Gasteiger partial charge in [0.15, 0.2) is 17.8 Å². The Morgan fingerprint density at radius 1 is 0.792 bits per heavy atom. The van der Waals surface area contributed by atoms with E-state index < -0.39 is 0 Å². The average molecular weight is 322 g/mol. The first-order valence-corrected chi connectivity index (χ1v) is 7.69. The van der Waals surface area contributed by atoms with Crippen LogP contribution in [0.3, 0.4) is 0 Å². The Morgan fingerprint density at radius 2 is 1.46 bits per heavy atom. The molecule has 3 aromatic carbocycles. The normalized spacial score (nSPS) is 10.4. The van der Waals surface area contributed by atoms with Gasteiger partial charge in [0.1, 0.15) is 19.0 Å². The molecule has 0 unspecified atom stereocenters. The number of hydrogen-bond acceptors (Lipinski definition) is 4. The first-order valence-electron chi connectivity index (χ1n) is 7.69. The molecule has 0 spiro atoms. The molecule has 0 aliphatic heterocycles. The number of rotatable bonds is 7. The zero-order valence-electron chi connectivity index (χ0n) is 13.4. The summed E-state index contributed by atoms with van der Waals surface area (Å²) in [6.45, 7) is 0.683. The van der Waals surface area contributed by atoms with Gasteiger partial charge in [-0.3, -0.25) is 4.79 Å². The standard InChI is InChI=1S/C20H18O4/c1-22-19-8-4-5-9-20(19)24-13-12-23-18-11-10-15-6-2-3-7-16(15)17(18)14-21/h2-11,14H,12-13H2,1H3. The van der Waals surface area contributed by atoms with Crippen LogP contribution in [0, 0.1) is 0 Å². The van der Waals surface area contributed by atoms with Gasteiger partial charge in [-0.15, -0.1) is 0 Å². The summed E-state index contributed by atoms with van der Waals surface area (Å²) in [6.07, 6.45) is 0.832. The van der Waals surface area contributed by atoms with Crippen molar-refractivity contribution >= 4 is 17.1 Å². The molecule has 0 N–H and O–H groups in total. The highest BCUT2D eigenvalue weighted by Crippen LogP contribution is 2.27. The summed E-state index contributed by atoms with van der Waals surface area (Å²) in [5.41, 5.74) is 0.561. The smallest absolute Gasteiger partial charge is 0.161 e. The van der Waals surface area contributed by atoms with Gasteiger partial charge in [-0.05, 0) is 29.0 Å². The van der Waals surface area contributed by atoms with Crippen LogP contribution < -0.4 is 14.2 Å². The maximum absolute atomic E-state index is 11.5. The van der Waals surface area contributed by atoms with Crippen molar-refractivity contribution in [3.63, 3.8) is 0 Å². The number of ether oxygens (including phenoxy) is 3. The van der Waals surface area contributed by atoms with Crippen molar-refractivity contribution in [1.29, 1.82) is 0 Å². The first kappa shape index (κ1) is 15.9. The minimum absolute atomic E-state index is 0.331. The summed E-state index contributed by atoms with van der Waals surface area (Å²) in [5.74, 6) is 1.90. The number of hydrogen-bond donors (Lipinski definition) is 0. The van der Waals surface area contributed by atoms with Gasteiger partial charge in [0.25, 0.3) is 0 Å². The molecule has 0 bridgehead atoms. The fourth-order valence-electron chi connectivity index (χ4n) is 2.56. The Bertz CT molecular complexity index is 842. The molecule has 0 heterocycles. The second-order valence-corrected chi connectivity index (χ2v) is 5.16. The van der Waals surface area contributed by atoms with E-state index in [0.717, 1.165) is 17.1 Å². The quantitative estimate of drug-likeness (QED) is 0.485. The number of para-hydroxylation sites is 2. The Morgan fingerprint density at radius 3 is 2.21 bits per heavy atom. The fourth-order valence-corrected chi connectivity index (χ4v) is 2.56. The SMILES string of the molecule is COc1ccccc1OCCOc1ccc2ccccc2c1C=O. The van der Waals surface area contributed by atoms with Crippen LogP contribution in [0.25, 0.3) is 10.8 Å². The summed E-state index contributed by atoms with van der Waals surface area (Å²) >= 11 is 0. The molecule has 0 fully saturated rings. The molecule has 24 heavy (non-hydrogen) atoms. The third-order valence-corrected chi connectivity index (χ3v) is 3.72. The van der Waals surface area contributed by atoms with Gasteiger partial charge < -0.3 is 14.2 Å². The van der Waals surface area contributed by atoms with Crippen molar-refractivity contribution in [2.24, 2.45) is 0 Å². The Balaban J connectivity index is 1.67. The number of carbonyl (C=O) groups is 1. The third-order valence-electron chi connectivity index (χ3n) is 3.72. The third kappa shape index (κ3) is 3.33. The van der Waals surface area contributed by atoms with Gasteiger partial charge in [-0.25, -0.2) is 0 Å². The molecule has 3 rings (SSSR count). The summed E-state index contributed by atoms with van der Waals surface area (Å²) < 4.78 is 16.6. The minimum Gasteiger partial charge on any atom is -0.493 e. The highest BCUT2D eigenvalue weighted by Gasteiger charge is 2.08. The van der Waals surface area contributed by atoms with E-state index in [0.29, 0.717) is 36.0 Å². The van der Waals surface area contributed by atoms with Crippen LogP contribution in [-0.2, 0) is 0 Å². The monoisotopic (exact) mass is 322 g/mol. The van der Waals surface area contributed by atoms with E-state index in [1.54, 1.807) is 7.11 Å². The van der Waals surface area contributed by atoms with E-state index in [-0.39, 0.29) is 0 Å². The molecule has 0 atom stereocenters. The zero-order chi connectivity index (χ0) is 16.8. The zero-order valence-corrected chi connectivity index (χ0v) is 13.4. The number of carbonyl (C=O) groups excluding carboxylic acids is 1. The predicted octanol–water partition coefficient (Wildman–Crippen LogP) is 4.12. The molecule has 4 heteroatoms. The molecule has 0 radical (unpaired) electrons. The summed E-state index contributed by atoms with van der Waals surface area (Å²) in [7, 11) is 1.60. The van der Waals surface area contributed by atoms with Gasteiger partial charge in [0.2, 0.25) is 0 Å². The maximum atomic E-state index is 11.5. The average Bonchev–Trinajstić information content (AvgIpc) is 2.65. The molecule has 0 aromatic heterocycles. The van der Waals surface area contributed by atoms with E-state index in [1.165, 1.54) is 0 Å². The highest BCUT2D eigenvalue weighted by atomic mass is 16.5. The minimum atomic E-state index is 0.331. The second-order valence-electron chi connectivity index (χ2n) is 5.16. The summed E-state index contributed by atoms with van der Waals surface area (Å²) in [4.78, 5) is 11.5. The van der Waals surface area contributed by atoms with Gasteiger partial charge in [0, 0.05) is 0 Å². The predicted molar refractivity (Wildman–Crippen MR) is 93.3 cm³/mol. The molecule has 0 aliphatic rings. The van der Waals surface area contributed by atoms with Crippen molar-refractivity contribution in [1.82, 2.24) is 0 Å². The van der Waals surface area contributed by atoms with Crippen molar-refractivity contribution in [3.05, 3.63) is 66.2 Å². The lowest BCUT2D eigenvalue weighted by Crippen LogP contribution is -2.10. The summed E-state index contributed by atoms with van der Waals surface area (Å²) in [5, 5.41) is 1.90. The maximum Gasteiger partial charge on any atom is 0.161 e. The van der Waals surface area contributed by atoms with E-state index in [2.05, 4.69) is 0 Å². The van der Waals surface area contributed by atoms with Crippen molar-refractivity contribution < 1.29 is 19.0 Å². The van der Waals surface area contributed by atoms with E-state index in [4.69, 9.17) is 14.2 Å². The van der Waals surface area contributed by atoms with Crippen LogP contribution in [0.1, 0.15) is 10.4 Å². The molecular formula is C20H18O4. The lowest BCUT2D eigenvalue weighted by atomic mass is 10.0. The Labute approximate surface area is 140 Å². The van der Waals surface area contributed by atoms with E-state index in [1.807, 2.05) is 60.7 Å². The van der Waals surface area contributed by atoms with Crippen molar-refractivity contribution in [3.8, 4) is 17.2 Å². The lowest BCUT2D eigenvalue weighted by molar-refractivity contribution is 0.111. The van der Waals surface area contributed by atoms with E-state index in [9.17, 15) is 4.79 Å². The highest BCUT2D eigenvalue weighted by molar-refractivity contribution is 6.00. The van der Waals surface area contributed by atoms with Gasteiger partial charge in [-0.2, -0.15) is 0 Å². The van der Waals surface area contributed by atoms with Gasteiger partial charge in [0.05, 0.1) is 12.7 Å². The van der Waals surface area contributed by atoms with E-state index >= 15 is 0 Å². The summed E-state index contributed by atoms with van der Waals surface area (Å²) in [6, 6.07) is 18.9. The number of aldehydes is 1. The Hall–Kier alpha value is -3.01. The molecular weight excluding hydrogens is 304 g/mol.